The highest BCUT2D eigenvalue weighted by Gasteiger charge is 2.42. The maximum atomic E-state index is 13.9. The van der Waals surface area contributed by atoms with Gasteiger partial charge in [0, 0.05) is 31.8 Å². The van der Waals surface area contributed by atoms with Crippen molar-refractivity contribution in [2.75, 3.05) is 18.1 Å². The van der Waals surface area contributed by atoms with Gasteiger partial charge in [-0.15, -0.1) is 0 Å². The minimum Gasteiger partial charge on any atom is -0.502 e. The second-order valence-electron chi connectivity index (χ2n) is 8.44. The number of carbonyl (C=O) groups is 2. The van der Waals surface area contributed by atoms with Gasteiger partial charge in [-0.25, -0.2) is 8.78 Å². The molecule has 0 bridgehead atoms. The Kier molecular flexibility index (Phi) is 5.75. The first-order chi connectivity index (χ1) is 15.2. The Morgan fingerprint density at radius 2 is 2.00 bits per heavy atom. The molecule has 9 heteroatoms. The van der Waals surface area contributed by atoms with Gasteiger partial charge in [0.1, 0.15) is 17.8 Å². The Balaban J connectivity index is 1.69. The molecular weight excluding hydrogens is 420 g/mol. The SMILES string of the molecule is CCN1C(=O)c2c(O)c(=O)c(C(=O)CCc3ccc(F)cc3F)cn2N2CC[C@@H](C)C[C@@H]12. The van der Waals surface area contributed by atoms with Crippen LogP contribution in [0.1, 0.15) is 59.5 Å². The summed E-state index contributed by atoms with van der Waals surface area (Å²) in [5.41, 5.74) is -1.18. The van der Waals surface area contributed by atoms with Crippen molar-refractivity contribution >= 4 is 11.7 Å². The summed E-state index contributed by atoms with van der Waals surface area (Å²) in [6.45, 7) is 4.97. The number of aryl methyl sites for hydroxylation is 1. The highest BCUT2D eigenvalue weighted by atomic mass is 19.1. The molecular formula is C23H25F2N3O4. The zero-order valence-corrected chi connectivity index (χ0v) is 18.0. The number of benzene rings is 1. The zero-order valence-electron chi connectivity index (χ0n) is 18.0. The van der Waals surface area contributed by atoms with Crippen LogP contribution in [0.4, 0.5) is 8.78 Å². The molecule has 0 saturated carbocycles. The number of ketones is 1. The van der Waals surface area contributed by atoms with Crippen LogP contribution in [0.3, 0.4) is 0 Å². The zero-order chi connectivity index (χ0) is 23.2. The van der Waals surface area contributed by atoms with Crippen LogP contribution in [0.5, 0.6) is 5.75 Å². The average Bonchev–Trinajstić information content (AvgIpc) is 2.75. The van der Waals surface area contributed by atoms with E-state index in [0.29, 0.717) is 19.0 Å². The van der Waals surface area contributed by atoms with E-state index in [1.54, 1.807) is 4.90 Å². The molecule has 32 heavy (non-hydrogen) atoms. The summed E-state index contributed by atoms with van der Waals surface area (Å²) < 4.78 is 28.4. The standard InChI is InChI=1S/C23H25F2N3O4/c1-3-26-19-10-13(2)8-9-27(19)28-12-16(21(30)22(31)20(28)23(26)32)18(29)7-5-14-4-6-15(24)11-17(14)25/h4,6,11-13,19,31H,3,5,7-10H2,1-2H3/t13-,19+/m1/s1. The molecule has 0 spiro atoms. The van der Waals surface area contributed by atoms with E-state index in [1.165, 1.54) is 16.9 Å². The molecule has 1 aromatic carbocycles. The van der Waals surface area contributed by atoms with Crippen LogP contribution >= 0.6 is 0 Å². The Morgan fingerprint density at radius 3 is 2.69 bits per heavy atom. The van der Waals surface area contributed by atoms with E-state index in [-0.39, 0.29) is 35.8 Å². The van der Waals surface area contributed by atoms with Gasteiger partial charge in [0.15, 0.2) is 17.2 Å². The predicted molar refractivity (Wildman–Crippen MR) is 113 cm³/mol. The molecule has 3 heterocycles. The number of hydrogen-bond donors (Lipinski definition) is 1. The predicted octanol–water partition coefficient (Wildman–Crippen LogP) is 2.82. The summed E-state index contributed by atoms with van der Waals surface area (Å²) in [5, 5.41) is 12.5. The molecule has 0 radical (unpaired) electrons. The number of hydrogen-bond acceptors (Lipinski definition) is 5. The highest BCUT2D eigenvalue weighted by molar-refractivity contribution is 6.00. The number of aromatic hydroxyl groups is 1. The fourth-order valence-electron chi connectivity index (χ4n) is 4.56. The van der Waals surface area contributed by atoms with Gasteiger partial charge < -0.3 is 10.0 Å². The third-order valence-electron chi connectivity index (χ3n) is 6.35. The first-order valence-electron chi connectivity index (χ1n) is 10.8. The van der Waals surface area contributed by atoms with Crippen molar-refractivity contribution in [3.05, 3.63) is 63.1 Å². The number of fused-ring (bicyclic) bond motifs is 3. The van der Waals surface area contributed by atoms with E-state index in [9.17, 15) is 28.3 Å². The molecule has 2 aromatic rings. The molecule has 1 N–H and O–H groups in total. The third kappa shape index (κ3) is 3.65. The topological polar surface area (TPSA) is 82.9 Å². The Hall–Kier alpha value is -3.23. The number of Topliss-reactive ketones (excluding diaryl/α,β-unsaturated/α-hetero) is 1. The van der Waals surface area contributed by atoms with E-state index in [4.69, 9.17) is 0 Å². The van der Waals surface area contributed by atoms with Crippen molar-refractivity contribution in [3.63, 3.8) is 0 Å². The van der Waals surface area contributed by atoms with Crippen molar-refractivity contribution in [1.82, 2.24) is 9.58 Å². The molecule has 0 unspecified atom stereocenters. The maximum absolute atomic E-state index is 13.9. The van der Waals surface area contributed by atoms with Crippen molar-refractivity contribution in [3.8, 4) is 5.75 Å². The van der Waals surface area contributed by atoms with Gasteiger partial charge >= 0.3 is 0 Å². The van der Waals surface area contributed by atoms with E-state index in [1.807, 2.05) is 11.9 Å². The lowest BCUT2D eigenvalue weighted by Gasteiger charge is -2.50. The smallest absolute Gasteiger partial charge is 0.278 e. The fourth-order valence-corrected chi connectivity index (χ4v) is 4.56. The summed E-state index contributed by atoms with van der Waals surface area (Å²) in [7, 11) is 0. The third-order valence-corrected chi connectivity index (χ3v) is 6.35. The number of nitrogens with zero attached hydrogens (tertiary/aromatic N) is 3. The van der Waals surface area contributed by atoms with Gasteiger partial charge in [-0.2, -0.15) is 0 Å². The van der Waals surface area contributed by atoms with Crippen LogP contribution in [-0.4, -0.2) is 45.6 Å². The normalized spacial score (nSPS) is 20.2. The minimum atomic E-state index is -0.922. The molecule has 0 aliphatic carbocycles. The largest absolute Gasteiger partial charge is 0.502 e. The summed E-state index contributed by atoms with van der Waals surface area (Å²) in [6, 6.07) is 3.10. The van der Waals surface area contributed by atoms with Crippen molar-refractivity contribution < 1.29 is 23.5 Å². The van der Waals surface area contributed by atoms with Crippen LogP contribution in [-0.2, 0) is 6.42 Å². The van der Waals surface area contributed by atoms with Crippen molar-refractivity contribution in [2.24, 2.45) is 5.92 Å². The van der Waals surface area contributed by atoms with E-state index in [0.717, 1.165) is 25.0 Å². The van der Waals surface area contributed by atoms with Crippen molar-refractivity contribution in [2.45, 2.75) is 45.7 Å². The number of aromatic nitrogens is 1. The van der Waals surface area contributed by atoms with E-state index < -0.39 is 34.5 Å². The lowest BCUT2D eigenvalue weighted by Crippen LogP contribution is -2.63. The van der Waals surface area contributed by atoms with Crippen LogP contribution in [0.25, 0.3) is 0 Å². The molecule has 2 aliphatic rings. The number of pyridine rings is 1. The molecule has 170 valence electrons. The number of piperidine rings is 1. The lowest BCUT2D eigenvalue weighted by molar-refractivity contribution is 0.0496. The number of amides is 1. The Morgan fingerprint density at radius 1 is 1.25 bits per heavy atom. The molecule has 1 fully saturated rings. The van der Waals surface area contributed by atoms with Crippen LogP contribution < -0.4 is 10.4 Å². The van der Waals surface area contributed by atoms with Gasteiger partial charge in [0.25, 0.3) is 5.91 Å². The Labute approximate surface area is 183 Å². The molecule has 4 rings (SSSR count). The monoisotopic (exact) mass is 445 g/mol. The van der Waals surface area contributed by atoms with Gasteiger partial charge in [0.05, 0.1) is 5.56 Å². The molecule has 2 aliphatic heterocycles. The summed E-state index contributed by atoms with van der Waals surface area (Å²) in [5.74, 6) is -2.88. The second kappa shape index (κ2) is 8.37. The molecule has 7 nitrogen and oxygen atoms in total. The van der Waals surface area contributed by atoms with Crippen LogP contribution in [0.2, 0.25) is 0 Å². The number of rotatable bonds is 5. The van der Waals surface area contributed by atoms with E-state index >= 15 is 0 Å². The number of carbonyl (C=O) groups excluding carboxylic acids is 2. The highest BCUT2D eigenvalue weighted by Crippen LogP contribution is 2.31. The molecule has 2 atom stereocenters. The molecule has 1 saturated heterocycles. The van der Waals surface area contributed by atoms with Gasteiger partial charge in [-0.05, 0) is 43.7 Å². The first-order valence-corrected chi connectivity index (χ1v) is 10.8. The number of halogens is 2. The summed E-state index contributed by atoms with van der Waals surface area (Å²) in [6.07, 6.45) is 2.45. The summed E-state index contributed by atoms with van der Waals surface area (Å²) >= 11 is 0. The van der Waals surface area contributed by atoms with Gasteiger partial charge in [-0.1, -0.05) is 13.0 Å². The van der Waals surface area contributed by atoms with Gasteiger partial charge in [0.2, 0.25) is 5.43 Å². The fraction of sp³-hybridized carbons (Fsp3) is 0.435. The average molecular weight is 445 g/mol. The maximum Gasteiger partial charge on any atom is 0.278 e. The first kappa shape index (κ1) is 22.0. The van der Waals surface area contributed by atoms with Crippen LogP contribution in [0, 0.1) is 17.6 Å². The summed E-state index contributed by atoms with van der Waals surface area (Å²) in [4.78, 5) is 40.3. The quantitative estimate of drug-likeness (QED) is 0.716. The van der Waals surface area contributed by atoms with Crippen LogP contribution in [0.15, 0.2) is 29.2 Å². The van der Waals surface area contributed by atoms with E-state index in [2.05, 4.69) is 6.92 Å². The molecule has 1 amide bonds. The van der Waals surface area contributed by atoms with Crippen molar-refractivity contribution in [1.29, 1.82) is 0 Å². The second-order valence-corrected chi connectivity index (χ2v) is 8.44. The Bertz CT molecular complexity index is 1150. The molecule has 1 aromatic heterocycles. The van der Waals surface area contributed by atoms with Gasteiger partial charge in [-0.3, -0.25) is 24.1 Å². The minimum absolute atomic E-state index is 0.0285. The lowest BCUT2D eigenvalue weighted by atomic mass is 9.95.